The Hall–Kier alpha value is -0.360. The van der Waals surface area contributed by atoms with Gasteiger partial charge in [0.05, 0.1) is 8.35 Å². The van der Waals surface area contributed by atoms with Crippen LogP contribution in [-0.2, 0) is 0 Å². The molecule has 0 saturated carbocycles. The third-order valence-corrected chi connectivity index (χ3v) is 0.726. The van der Waals surface area contributed by atoms with Crippen LogP contribution in [0.5, 0.6) is 0 Å². The van der Waals surface area contributed by atoms with Crippen LogP contribution in [0.15, 0.2) is 16.8 Å². The standard InChI is InChI=1S/C2H2NOP/c1-3-5-2-4-1/h1-2H. The second-order valence-electron chi connectivity index (χ2n) is 0.578. The lowest BCUT2D eigenvalue weighted by molar-refractivity contribution is 0.560. The van der Waals surface area contributed by atoms with Gasteiger partial charge in [0.15, 0.2) is 6.39 Å². The fourth-order valence-corrected chi connectivity index (χ4v) is 0.408. The third kappa shape index (κ3) is 0.455. The first-order valence-electron chi connectivity index (χ1n) is 1.19. The van der Waals surface area contributed by atoms with E-state index in [1.54, 1.807) is 5.99 Å². The van der Waals surface area contributed by atoms with Crippen LogP contribution in [0.25, 0.3) is 0 Å². The number of hydrogen-bond acceptors (Lipinski definition) is 2. The van der Waals surface area contributed by atoms with Gasteiger partial charge in [-0.15, -0.1) is 0 Å². The van der Waals surface area contributed by atoms with Crippen LogP contribution in [0.4, 0.5) is 0 Å². The monoisotopic (exact) mass is 87.0 g/mol. The fourth-order valence-electron chi connectivity index (χ4n) is 0.136. The Morgan fingerprint density at radius 2 is 2.80 bits per heavy atom. The molecule has 1 heterocycles. The fraction of sp³-hybridized carbons (Fsp3) is 0. The van der Waals surface area contributed by atoms with Gasteiger partial charge in [-0.25, -0.2) is 0 Å². The molecule has 0 radical (unpaired) electrons. The topological polar surface area (TPSA) is 26.0 Å². The van der Waals surface area contributed by atoms with Gasteiger partial charge in [0.25, 0.3) is 0 Å². The van der Waals surface area contributed by atoms with E-state index in [1.807, 2.05) is 0 Å². The van der Waals surface area contributed by atoms with Crippen molar-refractivity contribution in [2.45, 2.75) is 0 Å². The smallest absolute Gasteiger partial charge is 0.185 e. The summed E-state index contributed by atoms with van der Waals surface area (Å²) in [5, 5.41) is 0. The molecule has 3 heteroatoms. The van der Waals surface area contributed by atoms with Crippen molar-refractivity contribution in [1.82, 2.24) is 4.75 Å². The van der Waals surface area contributed by atoms with E-state index in [1.165, 1.54) is 6.39 Å². The van der Waals surface area contributed by atoms with Crippen LogP contribution < -0.4 is 0 Å². The molecule has 0 spiro atoms. The first kappa shape index (κ1) is 2.86. The summed E-state index contributed by atoms with van der Waals surface area (Å²) < 4.78 is 8.17. The molecule has 26 valence electrons. The molecule has 0 bridgehead atoms. The summed E-state index contributed by atoms with van der Waals surface area (Å²) in [6.07, 6.45) is 1.42. The molecule has 1 aromatic rings. The summed E-state index contributed by atoms with van der Waals surface area (Å²) in [5.41, 5.74) is 0. The largest absolute Gasteiger partial charge is 0.447 e. The van der Waals surface area contributed by atoms with Gasteiger partial charge in [0.2, 0.25) is 0 Å². The van der Waals surface area contributed by atoms with Crippen LogP contribution in [0, 0.1) is 0 Å². The van der Waals surface area contributed by atoms with Crippen LogP contribution in [0.3, 0.4) is 0 Å². The molecule has 0 fully saturated rings. The van der Waals surface area contributed by atoms with E-state index in [-0.39, 0.29) is 0 Å². The van der Waals surface area contributed by atoms with E-state index in [0.29, 0.717) is 0 Å². The highest BCUT2D eigenvalue weighted by atomic mass is 31.0. The van der Waals surface area contributed by atoms with Crippen molar-refractivity contribution in [2.75, 3.05) is 0 Å². The second-order valence-corrected chi connectivity index (χ2v) is 1.25. The van der Waals surface area contributed by atoms with E-state index < -0.39 is 0 Å². The molecule has 1 aromatic heterocycles. The summed E-state index contributed by atoms with van der Waals surface area (Å²) in [7, 11) is 0.914. The molecule has 0 unspecified atom stereocenters. The summed E-state index contributed by atoms with van der Waals surface area (Å²) in [6, 6.07) is 0. The second kappa shape index (κ2) is 1.18. The summed E-state index contributed by atoms with van der Waals surface area (Å²) >= 11 is 0. The highest BCUT2D eigenvalue weighted by Gasteiger charge is 1.61. The van der Waals surface area contributed by atoms with Crippen molar-refractivity contribution in [3.05, 3.63) is 12.4 Å². The van der Waals surface area contributed by atoms with Crippen LogP contribution in [-0.4, -0.2) is 4.75 Å². The van der Waals surface area contributed by atoms with Crippen molar-refractivity contribution in [3.8, 4) is 0 Å². The molecule has 1 rings (SSSR count). The minimum atomic E-state index is 0.914. The Balaban J connectivity index is 3.13. The Morgan fingerprint density at radius 3 is 3.00 bits per heavy atom. The van der Waals surface area contributed by atoms with Crippen molar-refractivity contribution in [2.24, 2.45) is 0 Å². The summed E-state index contributed by atoms with van der Waals surface area (Å²) in [6.45, 7) is 0. The van der Waals surface area contributed by atoms with Crippen molar-refractivity contribution >= 4 is 8.35 Å². The van der Waals surface area contributed by atoms with Gasteiger partial charge in [-0.2, -0.15) is 4.75 Å². The molecule has 0 aromatic carbocycles. The maximum Gasteiger partial charge on any atom is 0.185 e. The number of nitrogens with zero attached hydrogens (tertiary/aromatic N) is 1. The average Bonchev–Trinajstić information content (AvgIpc) is 1.76. The molecule has 0 aliphatic heterocycles. The zero-order valence-corrected chi connectivity index (χ0v) is 3.35. The average molecular weight is 87.0 g/mol. The van der Waals surface area contributed by atoms with Gasteiger partial charge in [-0.1, -0.05) is 0 Å². The Kier molecular flexibility index (Phi) is 0.673. The van der Waals surface area contributed by atoms with Gasteiger partial charge in [0.1, 0.15) is 5.99 Å². The predicted octanol–water partition coefficient (Wildman–Crippen LogP) is 1.25. The maximum absolute atomic E-state index is 4.52. The predicted molar refractivity (Wildman–Crippen MR) is 19.0 cm³/mol. The SMILES string of the molecule is c1npco1. The first-order chi connectivity index (χ1) is 2.50. The minimum absolute atomic E-state index is 0.914. The van der Waals surface area contributed by atoms with Crippen molar-refractivity contribution in [1.29, 1.82) is 0 Å². The molecule has 0 atom stereocenters. The lowest BCUT2D eigenvalue weighted by atomic mass is 11.5. The zero-order chi connectivity index (χ0) is 3.54. The van der Waals surface area contributed by atoms with E-state index >= 15 is 0 Å². The van der Waals surface area contributed by atoms with Crippen molar-refractivity contribution in [3.63, 3.8) is 0 Å². The molecular weight excluding hydrogens is 85.0 g/mol. The first-order valence-corrected chi connectivity index (χ1v) is 2.10. The highest BCUT2D eigenvalue weighted by molar-refractivity contribution is 7.24. The Labute approximate surface area is 31.0 Å². The molecule has 0 saturated heterocycles. The number of aromatic nitrogens is 1. The molecule has 0 aliphatic carbocycles. The van der Waals surface area contributed by atoms with E-state index in [9.17, 15) is 0 Å². The van der Waals surface area contributed by atoms with Gasteiger partial charge in [-0.3, -0.25) is 0 Å². The van der Waals surface area contributed by atoms with Crippen LogP contribution >= 0.6 is 8.35 Å². The normalized spacial score (nSPS) is 9.60. The molecule has 5 heavy (non-hydrogen) atoms. The van der Waals surface area contributed by atoms with Gasteiger partial charge >= 0.3 is 0 Å². The summed E-state index contributed by atoms with van der Waals surface area (Å²) in [4.78, 5) is 0. The van der Waals surface area contributed by atoms with E-state index in [2.05, 4.69) is 9.16 Å². The van der Waals surface area contributed by atoms with E-state index in [0.717, 1.165) is 8.35 Å². The number of rotatable bonds is 0. The number of hydrogen-bond donors (Lipinski definition) is 0. The van der Waals surface area contributed by atoms with Crippen LogP contribution in [0.2, 0.25) is 0 Å². The molecule has 0 amide bonds. The lowest BCUT2D eigenvalue weighted by Gasteiger charge is -1.46. The third-order valence-electron chi connectivity index (χ3n) is 0.283. The van der Waals surface area contributed by atoms with E-state index in [4.69, 9.17) is 0 Å². The molecule has 2 nitrogen and oxygen atoms in total. The lowest BCUT2D eigenvalue weighted by Crippen LogP contribution is -1.30. The minimum Gasteiger partial charge on any atom is -0.447 e. The van der Waals surface area contributed by atoms with Crippen LogP contribution in [0.1, 0.15) is 0 Å². The molecule has 0 N–H and O–H groups in total. The molecular formula is C2H2NOP. The van der Waals surface area contributed by atoms with Gasteiger partial charge < -0.3 is 4.42 Å². The van der Waals surface area contributed by atoms with Gasteiger partial charge in [-0.05, 0) is 0 Å². The van der Waals surface area contributed by atoms with Crippen molar-refractivity contribution < 1.29 is 4.42 Å². The Bertz CT molecular complexity index is 66.1. The van der Waals surface area contributed by atoms with Gasteiger partial charge in [0, 0.05) is 0 Å². The Morgan fingerprint density at radius 1 is 1.80 bits per heavy atom. The zero-order valence-electron chi connectivity index (χ0n) is 2.46. The quantitative estimate of drug-likeness (QED) is 0.476. The molecule has 0 aliphatic rings. The summed E-state index contributed by atoms with van der Waals surface area (Å²) in [5.74, 6) is 1.61. The highest BCUT2D eigenvalue weighted by Crippen LogP contribution is 1.92. The maximum atomic E-state index is 4.52.